The summed E-state index contributed by atoms with van der Waals surface area (Å²) in [5, 5.41) is 0.667. The number of allylic oxidation sites excluding steroid dienone is 1. The Morgan fingerprint density at radius 3 is 2.36 bits per heavy atom. The monoisotopic (exact) mass is 310 g/mol. The Balaban J connectivity index is 2.24. The van der Waals surface area contributed by atoms with Crippen molar-refractivity contribution < 1.29 is 4.79 Å². The van der Waals surface area contributed by atoms with E-state index in [0.717, 1.165) is 22.4 Å². The van der Waals surface area contributed by atoms with Gasteiger partial charge in [0, 0.05) is 27.4 Å². The Bertz CT molecular complexity index is 800. The van der Waals surface area contributed by atoms with Crippen LogP contribution in [-0.4, -0.2) is 18.0 Å². The second-order valence-electron chi connectivity index (χ2n) is 5.20. The number of halogens is 1. The summed E-state index contributed by atoms with van der Waals surface area (Å²) in [6.07, 6.45) is 0. The Morgan fingerprint density at radius 1 is 1.09 bits per heavy atom. The molecule has 1 aliphatic heterocycles. The number of ketones is 1. The van der Waals surface area contributed by atoms with E-state index < -0.39 is 0 Å². The van der Waals surface area contributed by atoms with Crippen molar-refractivity contribution in [3.63, 3.8) is 0 Å². The third-order valence-electron chi connectivity index (χ3n) is 3.62. The van der Waals surface area contributed by atoms with Crippen LogP contribution in [0.15, 0.2) is 59.2 Å². The van der Waals surface area contributed by atoms with Crippen molar-refractivity contribution in [2.75, 3.05) is 6.54 Å². The number of hydrogen-bond acceptors (Lipinski definition) is 3. The zero-order valence-electron chi connectivity index (χ0n) is 12.1. The maximum atomic E-state index is 12.4. The molecule has 0 fully saturated rings. The van der Waals surface area contributed by atoms with Gasteiger partial charge in [-0.3, -0.25) is 9.79 Å². The van der Waals surface area contributed by atoms with Crippen LogP contribution in [0.3, 0.4) is 0 Å². The SMILES string of the molecule is C/C(N)=C1/C(=O)CN=C(c2ccc(Cl)cc2)c2ccccc21. The summed E-state index contributed by atoms with van der Waals surface area (Å²) >= 11 is 5.95. The van der Waals surface area contributed by atoms with Gasteiger partial charge in [0.25, 0.3) is 0 Å². The molecule has 0 aliphatic carbocycles. The van der Waals surface area contributed by atoms with Crippen LogP contribution in [0.1, 0.15) is 23.6 Å². The van der Waals surface area contributed by atoms with Gasteiger partial charge in [-0.05, 0) is 24.6 Å². The predicted octanol–water partition coefficient (Wildman–Crippen LogP) is 3.45. The van der Waals surface area contributed by atoms with Gasteiger partial charge in [-0.15, -0.1) is 0 Å². The predicted molar refractivity (Wildman–Crippen MR) is 90.2 cm³/mol. The molecule has 0 unspecified atom stereocenters. The zero-order chi connectivity index (χ0) is 15.7. The molecule has 0 aromatic heterocycles. The van der Waals surface area contributed by atoms with E-state index in [0.29, 0.717) is 16.3 Å². The molecule has 1 aliphatic rings. The third-order valence-corrected chi connectivity index (χ3v) is 3.88. The third kappa shape index (κ3) is 2.55. The number of carbonyl (C=O) groups excluding carboxylic acids is 1. The van der Waals surface area contributed by atoms with Crippen molar-refractivity contribution >= 4 is 28.7 Å². The number of hydrogen-bond donors (Lipinski definition) is 1. The van der Waals surface area contributed by atoms with Crippen molar-refractivity contribution in [3.8, 4) is 0 Å². The normalized spacial score (nSPS) is 16.6. The molecule has 3 rings (SSSR count). The maximum Gasteiger partial charge on any atom is 0.186 e. The second kappa shape index (κ2) is 5.78. The largest absolute Gasteiger partial charge is 0.402 e. The lowest BCUT2D eigenvalue weighted by Gasteiger charge is -2.11. The molecule has 0 saturated carbocycles. The first kappa shape index (κ1) is 14.5. The average molecular weight is 311 g/mol. The minimum Gasteiger partial charge on any atom is -0.402 e. The molecule has 2 aromatic rings. The van der Waals surface area contributed by atoms with Gasteiger partial charge >= 0.3 is 0 Å². The lowest BCUT2D eigenvalue weighted by atomic mass is 9.92. The molecule has 4 heteroatoms. The molecule has 0 atom stereocenters. The smallest absolute Gasteiger partial charge is 0.186 e. The fourth-order valence-electron chi connectivity index (χ4n) is 2.66. The van der Waals surface area contributed by atoms with Gasteiger partial charge in [0.15, 0.2) is 5.78 Å². The fourth-order valence-corrected chi connectivity index (χ4v) is 2.79. The Hall–Kier alpha value is -2.39. The molecule has 3 nitrogen and oxygen atoms in total. The zero-order valence-corrected chi connectivity index (χ0v) is 12.9. The molecule has 2 aromatic carbocycles. The van der Waals surface area contributed by atoms with Crippen molar-refractivity contribution in [1.29, 1.82) is 0 Å². The summed E-state index contributed by atoms with van der Waals surface area (Å²) in [6, 6.07) is 15.2. The number of nitrogens with zero attached hydrogens (tertiary/aromatic N) is 1. The minimum atomic E-state index is -0.0589. The van der Waals surface area contributed by atoms with E-state index in [1.165, 1.54) is 0 Å². The van der Waals surface area contributed by atoms with E-state index >= 15 is 0 Å². The summed E-state index contributed by atoms with van der Waals surface area (Å²) in [7, 11) is 0. The van der Waals surface area contributed by atoms with E-state index in [1.54, 1.807) is 6.92 Å². The fraction of sp³-hybridized carbons (Fsp3) is 0.111. The van der Waals surface area contributed by atoms with Gasteiger partial charge < -0.3 is 5.73 Å². The van der Waals surface area contributed by atoms with E-state index in [-0.39, 0.29) is 12.3 Å². The Labute approximate surface area is 134 Å². The van der Waals surface area contributed by atoms with Gasteiger partial charge in [0.1, 0.15) is 6.54 Å². The molecule has 1 heterocycles. The molecule has 22 heavy (non-hydrogen) atoms. The number of nitrogens with two attached hydrogens (primary N) is 1. The van der Waals surface area contributed by atoms with Gasteiger partial charge in [-0.2, -0.15) is 0 Å². The highest BCUT2D eigenvalue weighted by atomic mass is 35.5. The van der Waals surface area contributed by atoms with Crippen LogP contribution in [0.25, 0.3) is 5.57 Å². The number of rotatable bonds is 1. The summed E-state index contributed by atoms with van der Waals surface area (Å²) in [4.78, 5) is 16.9. The molecule has 0 saturated heterocycles. The molecule has 110 valence electrons. The standard InChI is InChI=1S/C18H15ClN2O/c1-11(20)17-14-4-2-3-5-15(14)18(21-10-16(17)22)12-6-8-13(19)9-7-12/h2-9H,10,20H2,1H3/b17-11-. The highest BCUT2D eigenvalue weighted by Crippen LogP contribution is 2.28. The van der Waals surface area contributed by atoms with Gasteiger partial charge in [0.05, 0.1) is 5.71 Å². The van der Waals surface area contributed by atoms with Crippen LogP contribution in [-0.2, 0) is 4.79 Å². The van der Waals surface area contributed by atoms with Crippen molar-refractivity contribution in [1.82, 2.24) is 0 Å². The quantitative estimate of drug-likeness (QED) is 0.820. The first-order chi connectivity index (χ1) is 10.6. The Kier molecular flexibility index (Phi) is 3.82. The van der Waals surface area contributed by atoms with Crippen LogP contribution in [0.2, 0.25) is 5.02 Å². The van der Waals surface area contributed by atoms with Crippen molar-refractivity contribution in [3.05, 3.63) is 75.9 Å². The van der Waals surface area contributed by atoms with Crippen LogP contribution in [0.4, 0.5) is 0 Å². The first-order valence-corrected chi connectivity index (χ1v) is 7.35. The number of benzene rings is 2. The topological polar surface area (TPSA) is 55.5 Å². The first-order valence-electron chi connectivity index (χ1n) is 6.97. The molecule has 2 N–H and O–H groups in total. The molecule has 0 bridgehead atoms. The molecule has 0 radical (unpaired) electrons. The lowest BCUT2D eigenvalue weighted by Crippen LogP contribution is -2.10. The molecular formula is C18H15ClN2O. The van der Waals surface area contributed by atoms with Crippen molar-refractivity contribution in [2.24, 2.45) is 10.7 Å². The van der Waals surface area contributed by atoms with Gasteiger partial charge in [-0.25, -0.2) is 0 Å². The van der Waals surface area contributed by atoms with E-state index in [1.807, 2.05) is 48.5 Å². The highest BCUT2D eigenvalue weighted by Gasteiger charge is 2.23. The maximum absolute atomic E-state index is 12.4. The molecule has 0 amide bonds. The lowest BCUT2D eigenvalue weighted by molar-refractivity contribution is -0.112. The number of aliphatic imine (C=N–C) groups is 1. The summed E-state index contributed by atoms with van der Waals surface area (Å²) in [6.45, 7) is 1.84. The second-order valence-corrected chi connectivity index (χ2v) is 5.63. The number of carbonyl (C=O) groups is 1. The van der Waals surface area contributed by atoms with Crippen LogP contribution < -0.4 is 5.73 Å². The van der Waals surface area contributed by atoms with E-state index in [4.69, 9.17) is 17.3 Å². The van der Waals surface area contributed by atoms with Gasteiger partial charge in [-0.1, -0.05) is 48.0 Å². The summed E-state index contributed by atoms with van der Waals surface area (Å²) < 4.78 is 0. The van der Waals surface area contributed by atoms with E-state index in [9.17, 15) is 4.79 Å². The summed E-state index contributed by atoms with van der Waals surface area (Å²) in [5.74, 6) is -0.0589. The molecular weight excluding hydrogens is 296 g/mol. The number of fused-ring (bicyclic) bond motifs is 1. The summed E-state index contributed by atoms with van der Waals surface area (Å²) in [5.41, 5.74) is 10.5. The van der Waals surface area contributed by atoms with Gasteiger partial charge in [0.2, 0.25) is 0 Å². The van der Waals surface area contributed by atoms with E-state index in [2.05, 4.69) is 4.99 Å². The number of Topliss-reactive ketones (excluding diaryl/α,β-unsaturated/α-hetero) is 1. The average Bonchev–Trinajstić information content (AvgIpc) is 2.64. The van der Waals surface area contributed by atoms with Crippen LogP contribution in [0, 0.1) is 0 Å². The Morgan fingerprint density at radius 2 is 1.73 bits per heavy atom. The van der Waals surface area contributed by atoms with Crippen LogP contribution in [0.5, 0.6) is 0 Å². The minimum absolute atomic E-state index is 0.0589. The molecule has 0 spiro atoms. The van der Waals surface area contributed by atoms with Crippen LogP contribution >= 0.6 is 11.6 Å². The highest BCUT2D eigenvalue weighted by molar-refractivity contribution is 6.31. The van der Waals surface area contributed by atoms with Crippen molar-refractivity contribution in [2.45, 2.75) is 6.92 Å².